The van der Waals surface area contributed by atoms with Gasteiger partial charge in [-0.3, -0.25) is 4.79 Å². The van der Waals surface area contributed by atoms with Crippen LogP contribution in [0.15, 0.2) is 21.6 Å². The highest BCUT2D eigenvalue weighted by Crippen LogP contribution is 2.20. The van der Waals surface area contributed by atoms with E-state index in [0.29, 0.717) is 19.0 Å². The van der Waals surface area contributed by atoms with Crippen molar-refractivity contribution in [3.8, 4) is 0 Å². The van der Waals surface area contributed by atoms with Gasteiger partial charge in [0.2, 0.25) is 5.09 Å². The Labute approximate surface area is 143 Å². The quantitative estimate of drug-likeness (QED) is 0.786. The molecule has 132 valence electrons. The Morgan fingerprint density at radius 1 is 1.35 bits per heavy atom. The molecule has 1 fully saturated rings. The van der Waals surface area contributed by atoms with E-state index in [9.17, 15) is 13.2 Å². The topological polar surface area (TPSA) is 91.7 Å². The number of nitrogens with one attached hydrogen (secondary N) is 2. The number of rotatable bonds is 6. The molecule has 0 aliphatic carbocycles. The van der Waals surface area contributed by atoms with Crippen LogP contribution in [-0.2, 0) is 10.0 Å². The monoisotopic (exact) mass is 365 g/mol. The van der Waals surface area contributed by atoms with Gasteiger partial charge in [-0.25, -0.2) is 13.1 Å². The SMILES string of the molecule is CCNCC1CCN(C(=O)c2ccc(S(=O)(=O)NC)o2)CC1.Cl. The summed E-state index contributed by atoms with van der Waals surface area (Å²) in [7, 11) is -2.36. The Bertz CT molecular complexity index is 609. The predicted molar refractivity (Wildman–Crippen MR) is 89.4 cm³/mol. The van der Waals surface area contributed by atoms with Crippen molar-refractivity contribution in [3.63, 3.8) is 0 Å². The van der Waals surface area contributed by atoms with Crippen molar-refractivity contribution in [1.82, 2.24) is 14.9 Å². The van der Waals surface area contributed by atoms with Gasteiger partial charge in [0.25, 0.3) is 15.9 Å². The van der Waals surface area contributed by atoms with Crippen LogP contribution in [0, 0.1) is 5.92 Å². The molecule has 0 saturated carbocycles. The molecule has 7 nitrogen and oxygen atoms in total. The van der Waals surface area contributed by atoms with Crippen LogP contribution in [0.1, 0.15) is 30.3 Å². The highest BCUT2D eigenvalue weighted by molar-refractivity contribution is 7.89. The fraction of sp³-hybridized carbons (Fsp3) is 0.643. The van der Waals surface area contributed by atoms with E-state index in [0.717, 1.165) is 25.9 Å². The minimum Gasteiger partial charge on any atom is -0.438 e. The summed E-state index contributed by atoms with van der Waals surface area (Å²) in [5.41, 5.74) is 0. The number of carbonyl (C=O) groups is 1. The van der Waals surface area contributed by atoms with Crippen molar-refractivity contribution < 1.29 is 17.6 Å². The van der Waals surface area contributed by atoms with Gasteiger partial charge in [-0.2, -0.15) is 0 Å². The average Bonchev–Trinajstić information content (AvgIpc) is 3.03. The molecule has 23 heavy (non-hydrogen) atoms. The van der Waals surface area contributed by atoms with Gasteiger partial charge in [0.05, 0.1) is 0 Å². The summed E-state index contributed by atoms with van der Waals surface area (Å²) in [6.45, 7) is 5.35. The van der Waals surface area contributed by atoms with Gasteiger partial charge in [-0.05, 0) is 51.0 Å². The summed E-state index contributed by atoms with van der Waals surface area (Å²) in [4.78, 5) is 14.1. The molecule has 1 amide bonds. The third kappa shape index (κ3) is 4.94. The van der Waals surface area contributed by atoms with Crippen LogP contribution in [0.2, 0.25) is 0 Å². The van der Waals surface area contributed by atoms with Crippen LogP contribution in [0.3, 0.4) is 0 Å². The van der Waals surface area contributed by atoms with Crippen LogP contribution in [-0.4, -0.2) is 52.5 Å². The number of hydrogen-bond acceptors (Lipinski definition) is 5. The first-order chi connectivity index (χ1) is 10.5. The number of amides is 1. The van der Waals surface area contributed by atoms with Crippen LogP contribution in [0.25, 0.3) is 0 Å². The van der Waals surface area contributed by atoms with Gasteiger partial charge in [0, 0.05) is 13.1 Å². The number of hydrogen-bond donors (Lipinski definition) is 2. The zero-order chi connectivity index (χ0) is 16.2. The number of sulfonamides is 1. The Balaban J connectivity index is 0.00000264. The number of piperidine rings is 1. The van der Waals surface area contributed by atoms with Crippen molar-refractivity contribution >= 4 is 28.3 Å². The van der Waals surface area contributed by atoms with Crippen molar-refractivity contribution in [2.24, 2.45) is 5.92 Å². The summed E-state index contributed by atoms with van der Waals surface area (Å²) < 4.78 is 30.6. The molecule has 0 spiro atoms. The summed E-state index contributed by atoms with van der Waals surface area (Å²) >= 11 is 0. The van der Waals surface area contributed by atoms with Crippen LogP contribution >= 0.6 is 12.4 Å². The third-order valence-corrected chi connectivity index (χ3v) is 5.20. The summed E-state index contributed by atoms with van der Waals surface area (Å²) in [5, 5.41) is 3.09. The lowest BCUT2D eigenvalue weighted by atomic mass is 9.96. The van der Waals surface area contributed by atoms with E-state index < -0.39 is 10.0 Å². The molecular weight excluding hydrogens is 342 g/mol. The average molecular weight is 366 g/mol. The van der Waals surface area contributed by atoms with Crippen molar-refractivity contribution in [3.05, 3.63) is 17.9 Å². The second-order valence-corrected chi connectivity index (χ2v) is 7.19. The molecule has 1 saturated heterocycles. The highest BCUT2D eigenvalue weighted by Gasteiger charge is 2.26. The maximum atomic E-state index is 12.4. The first-order valence-corrected chi connectivity index (χ1v) is 8.99. The molecule has 0 unspecified atom stereocenters. The number of halogens is 1. The summed E-state index contributed by atoms with van der Waals surface area (Å²) in [6.07, 6.45) is 1.89. The molecule has 2 heterocycles. The third-order valence-electron chi connectivity index (χ3n) is 3.91. The Morgan fingerprint density at radius 2 is 2.00 bits per heavy atom. The molecule has 1 aliphatic rings. The van der Waals surface area contributed by atoms with Gasteiger partial charge in [0.15, 0.2) is 5.76 Å². The van der Waals surface area contributed by atoms with Crippen LogP contribution in [0.5, 0.6) is 0 Å². The van der Waals surface area contributed by atoms with E-state index in [1.165, 1.54) is 19.2 Å². The van der Waals surface area contributed by atoms with E-state index in [-0.39, 0.29) is 29.2 Å². The minimum absolute atomic E-state index is 0. The number of carbonyl (C=O) groups excluding carboxylic acids is 1. The summed E-state index contributed by atoms with van der Waals surface area (Å²) in [5.74, 6) is 0.402. The number of nitrogens with zero attached hydrogens (tertiary/aromatic N) is 1. The van der Waals surface area contributed by atoms with Gasteiger partial charge in [-0.15, -0.1) is 12.4 Å². The van der Waals surface area contributed by atoms with Gasteiger partial charge in [0.1, 0.15) is 0 Å². The summed E-state index contributed by atoms with van der Waals surface area (Å²) in [6, 6.07) is 2.72. The maximum absolute atomic E-state index is 12.4. The Kier molecular flexibility index (Phi) is 7.53. The molecule has 0 aromatic carbocycles. The lowest BCUT2D eigenvalue weighted by molar-refractivity contribution is 0.0652. The molecular formula is C14H24ClN3O4S. The van der Waals surface area contributed by atoms with Crippen LogP contribution in [0.4, 0.5) is 0 Å². The molecule has 0 bridgehead atoms. The maximum Gasteiger partial charge on any atom is 0.289 e. The highest BCUT2D eigenvalue weighted by atomic mass is 35.5. The standard InChI is InChI=1S/C14H23N3O4S.ClH/c1-3-16-10-11-6-8-17(9-7-11)14(18)12-4-5-13(21-12)22(19,20)15-2;/h4-5,11,15-16H,3,6-10H2,1-2H3;1H. The lowest BCUT2D eigenvalue weighted by Gasteiger charge is -2.31. The van der Waals surface area contributed by atoms with E-state index >= 15 is 0 Å². The molecule has 0 atom stereocenters. The zero-order valence-corrected chi connectivity index (χ0v) is 15.0. The predicted octanol–water partition coefficient (Wildman–Crippen LogP) is 1.07. The fourth-order valence-corrected chi connectivity index (χ4v) is 3.17. The molecule has 9 heteroatoms. The van der Waals surface area contributed by atoms with E-state index in [1.54, 1.807) is 4.90 Å². The van der Waals surface area contributed by atoms with Crippen LogP contribution < -0.4 is 10.0 Å². The van der Waals surface area contributed by atoms with Gasteiger partial charge >= 0.3 is 0 Å². The first kappa shape index (κ1) is 20.0. The first-order valence-electron chi connectivity index (χ1n) is 7.51. The molecule has 2 N–H and O–H groups in total. The molecule has 0 radical (unpaired) electrons. The largest absolute Gasteiger partial charge is 0.438 e. The van der Waals surface area contributed by atoms with E-state index in [1.807, 2.05) is 0 Å². The smallest absolute Gasteiger partial charge is 0.289 e. The van der Waals surface area contributed by atoms with Crippen molar-refractivity contribution in [2.75, 3.05) is 33.2 Å². The molecule has 2 rings (SSSR count). The van der Waals surface area contributed by atoms with E-state index in [4.69, 9.17) is 4.42 Å². The second kappa shape index (κ2) is 8.68. The molecule has 1 aliphatic heterocycles. The van der Waals surface area contributed by atoms with Gasteiger partial charge < -0.3 is 14.6 Å². The number of furan rings is 1. The van der Waals surface area contributed by atoms with Gasteiger partial charge in [-0.1, -0.05) is 6.92 Å². The fourth-order valence-electron chi connectivity index (χ4n) is 2.52. The normalized spacial score (nSPS) is 16.2. The Hall–Kier alpha value is -1.09. The molecule has 1 aromatic rings. The molecule has 1 aromatic heterocycles. The van der Waals surface area contributed by atoms with Crippen molar-refractivity contribution in [2.45, 2.75) is 24.9 Å². The number of likely N-dealkylation sites (tertiary alicyclic amines) is 1. The second-order valence-electron chi connectivity index (χ2n) is 5.37. The Morgan fingerprint density at radius 3 is 2.57 bits per heavy atom. The zero-order valence-electron chi connectivity index (χ0n) is 13.4. The van der Waals surface area contributed by atoms with E-state index in [2.05, 4.69) is 17.0 Å². The minimum atomic E-state index is -3.66. The van der Waals surface area contributed by atoms with Crippen molar-refractivity contribution in [1.29, 1.82) is 0 Å². The lowest BCUT2D eigenvalue weighted by Crippen LogP contribution is -2.40.